The molecule has 14 heavy (non-hydrogen) atoms. The SMILES string of the molecule is CCCC(C)CC(C)CCOC(C)=O. The van der Waals surface area contributed by atoms with Gasteiger partial charge in [0.05, 0.1) is 6.61 Å². The van der Waals surface area contributed by atoms with Crippen LogP contribution in [0.3, 0.4) is 0 Å². The van der Waals surface area contributed by atoms with Crippen molar-refractivity contribution in [1.29, 1.82) is 0 Å². The van der Waals surface area contributed by atoms with E-state index in [9.17, 15) is 4.79 Å². The van der Waals surface area contributed by atoms with Gasteiger partial charge in [-0.25, -0.2) is 0 Å². The summed E-state index contributed by atoms with van der Waals surface area (Å²) in [6, 6.07) is 0. The maximum absolute atomic E-state index is 10.5. The highest BCUT2D eigenvalue weighted by Crippen LogP contribution is 2.18. The molecule has 0 aromatic carbocycles. The van der Waals surface area contributed by atoms with Crippen molar-refractivity contribution < 1.29 is 9.53 Å². The summed E-state index contributed by atoms with van der Waals surface area (Å²) in [5.41, 5.74) is 0. The maximum atomic E-state index is 10.5. The second-order valence-corrected chi connectivity index (χ2v) is 4.36. The first-order valence-electron chi connectivity index (χ1n) is 5.69. The van der Waals surface area contributed by atoms with Crippen LogP contribution in [0.2, 0.25) is 0 Å². The van der Waals surface area contributed by atoms with E-state index in [1.54, 1.807) is 0 Å². The van der Waals surface area contributed by atoms with Crippen molar-refractivity contribution in [1.82, 2.24) is 0 Å². The zero-order valence-electron chi connectivity index (χ0n) is 10.0. The van der Waals surface area contributed by atoms with E-state index in [-0.39, 0.29) is 5.97 Å². The molecule has 0 fully saturated rings. The second kappa shape index (κ2) is 7.84. The number of hydrogen-bond acceptors (Lipinski definition) is 2. The molecule has 2 heteroatoms. The van der Waals surface area contributed by atoms with Gasteiger partial charge in [0.25, 0.3) is 0 Å². The maximum Gasteiger partial charge on any atom is 0.302 e. The molecule has 2 atom stereocenters. The van der Waals surface area contributed by atoms with Crippen LogP contribution in [0.5, 0.6) is 0 Å². The number of ether oxygens (including phenoxy) is 1. The van der Waals surface area contributed by atoms with Gasteiger partial charge in [0.2, 0.25) is 0 Å². The fraction of sp³-hybridized carbons (Fsp3) is 0.917. The summed E-state index contributed by atoms with van der Waals surface area (Å²) >= 11 is 0. The average molecular weight is 200 g/mol. The van der Waals surface area contributed by atoms with E-state index < -0.39 is 0 Å². The molecule has 0 saturated carbocycles. The van der Waals surface area contributed by atoms with E-state index in [0.29, 0.717) is 12.5 Å². The first-order chi connectivity index (χ1) is 6.56. The molecule has 0 aliphatic rings. The average Bonchev–Trinajstić information content (AvgIpc) is 2.03. The van der Waals surface area contributed by atoms with Gasteiger partial charge in [-0.05, 0) is 24.7 Å². The molecule has 0 spiro atoms. The molecule has 84 valence electrons. The molecule has 0 saturated heterocycles. The smallest absolute Gasteiger partial charge is 0.302 e. The van der Waals surface area contributed by atoms with Crippen molar-refractivity contribution >= 4 is 5.97 Å². The zero-order chi connectivity index (χ0) is 11.0. The Morgan fingerprint density at radius 2 is 1.79 bits per heavy atom. The Morgan fingerprint density at radius 3 is 2.29 bits per heavy atom. The molecule has 2 unspecified atom stereocenters. The van der Waals surface area contributed by atoms with Gasteiger partial charge in [0, 0.05) is 6.92 Å². The van der Waals surface area contributed by atoms with Gasteiger partial charge in [-0.2, -0.15) is 0 Å². The molecule has 0 aromatic rings. The Morgan fingerprint density at radius 1 is 1.21 bits per heavy atom. The molecule has 0 aliphatic carbocycles. The van der Waals surface area contributed by atoms with E-state index in [0.717, 1.165) is 12.3 Å². The molecule has 2 nitrogen and oxygen atoms in total. The third-order valence-electron chi connectivity index (χ3n) is 2.50. The Hall–Kier alpha value is -0.530. The predicted molar refractivity (Wildman–Crippen MR) is 59.1 cm³/mol. The van der Waals surface area contributed by atoms with Crippen molar-refractivity contribution in [2.24, 2.45) is 11.8 Å². The summed E-state index contributed by atoms with van der Waals surface area (Å²) in [7, 11) is 0. The third kappa shape index (κ3) is 8.09. The highest BCUT2D eigenvalue weighted by molar-refractivity contribution is 5.65. The minimum Gasteiger partial charge on any atom is -0.466 e. The summed E-state index contributed by atoms with van der Waals surface area (Å²) in [5, 5.41) is 0. The Balaban J connectivity index is 3.44. The van der Waals surface area contributed by atoms with Gasteiger partial charge >= 0.3 is 5.97 Å². The lowest BCUT2D eigenvalue weighted by Crippen LogP contribution is -2.08. The second-order valence-electron chi connectivity index (χ2n) is 4.36. The number of hydrogen-bond donors (Lipinski definition) is 0. The van der Waals surface area contributed by atoms with Crippen LogP contribution in [0, 0.1) is 11.8 Å². The summed E-state index contributed by atoms with van der Waals surface area (Å²) in [6.45, 7) is 8.79. The van der Waals surface area contributed by atoms with Gasteiger partial charge in [-0.3, -0.25) is 4.79 Å². The number of esters is 1. The van der Waals surface area contributed by atoms with Gasteiger partial charge in [0.1, 0.15) is 0 Å². The lowest BCUT2D eigenvalue weighted by Gasteiger charge is -2.16. The molecule has 0 aromatic heterocycles. The first-order valence-corrected chi connectivity index (χ1v) is 5.69. The van der Waals surface area contributed by atoms with E-state index in [1.165, 1.54) is 26.2 Å². The van der Waals surface area contributed by atoms with Crippen LogP contribution >= 0.6 is 0 Å². The molecule has 0 N–H and O–H groups in total. The highest BCUT2D eigenvalue weighted by Gasteiger charge is 2.08. The van der Waals surface area contributed by atoms with Crippen molar-refractivity contribution in [3.8, 4) is 0 Å². The number of carbonyl (C=O) groups is 1. The molecule has 0 rings (SSSR count). The van der Waals surface area contributed by atoms with Gasteiger partial charge in [0.15, 0.2) is 0 Å². The van der Waals surface area contributed by atoms with Crippen LogP contribution in [-0.2, 0) is 9.53 Å². The molecular weight excluding hydrogens is 176 g/mol. The van der Waals surface area contributed by atoms with Crippen LogP contribution in [0.4, 0.5) is 0 Å². The molecule has 0 aliphatic heterocycles. The fourth-order valence-corrected chi connectivity index (χ4v) is 1.82. The molecular formula is C12H24O2. The standard InChI is InChI=1S/C12H24O2/c1-5-6-10(2)9-11(3)7-8-14-12(4)13/h10-11H,5-9H2,1-4H3. The van der Waals surface area contributed by atoms with Gasteiger partial charge in [-0.15, -0.1) is 0 Å². The summed E-state index contributed by atoms with van der Waals surface area (Å²) in [6.07, 6.45) is 4.80. The molecule has 0 amide bonds. The number of rotatable bonds is 7. The van der Waals surface area contributed by atoms with Crippen LogP contribution in [0.1, 0.15) is 53.4 Å². The van der Waals surface area contributed by atoms with E-state index in [4.69, 9.17) is 4.74 Å². The van der Waals surface area contributed by atoms with E-state index >= 15 is 0 Å². The quantitative estimate of drug-likeness (QED) is 0.589. The topological polar surface area (TPSA) is 26.3 Å². The van der Waals surface area contributed by atoms with Crippen molar-refractivity contribution in [3.05, 3.63) is 0 Å². The summed E-state index contributed by atoms with van der Waals surface area (Å²) in [4.78, 5) is 10.5. The first kappa shape index (κ1) is 13.5. The summed E-state index contributed by atoms with van der Waals surface area (Å²) < 4.78 is 4.92. The van der Waals surface area contributed by atoms with Crippen molar-refractivity contribution in [2.75, 3.05) is 6.61 Å². The monoisotopic (exact) mass is 200 g/mol. The van der Waals surface area contributed by atoms with Crippen molar-refractivity contribution in [2.45, 2.75) is 53.4 Å². The third-order valence-corrected chi connectivity index (χ3v) is 2.50. The van der Waals surface area contributed by atoms with E-state index in [1.807, 2.05) is 0 Å². The van der Waals surface area contributed by atoms with Gasteiger partial charge in [-0.1, -0.05) is 33.6 Å². The predicted octanol–water partition coefficient (Wildman–Crippen LogP) is 3.40. The van der Waals surface area contributed by atoms with Crippen molar-refractivity contribution in [3.63, 3.8) is 0 Å². The van der Waals surface area contributed by atoms with Crippen LogP contribution in [0.15, 0.2) is 0 Å². The lowest BCUT2D eigenvalue weighted by atomic mass is 9.92. The van der Waals surface area contributed by atoms with E-state index in [2.05, 4.69) is 20.8 Å². The normalized spacial score (nSPS) is 14.9. The Bertz CT molecular complexity index is 154. The number of carbonyl (C=O) groups excluding carboxylic acids is 1. The zero-order valence-corrected chi connectivity index (χ0v) is 10.0. The minimum absolute atomic E-state index is 0.168. The lowest BCUT2D eigenvalue weighted by molar-refractivity contribution is -0.141. The van der Waals surface area contributed by atoms with Crippen LogP contribution in [0.25, 0.3) is 0 Å². The fourth-order valence-electron chi connectivity index (χ4n) is 1.82. The van der Waals surface area contributed by atoms with Crippen LogP contribution in [-0.4, -0.2) is 12.6 Å². The molecule has 0 radical (unpaired) electrons. The Labute approximate surface area is 88.0 Å². The molecule has 0 heterocycles. The minimum atomic E-state index is -0.168. The highest BCUT2D eigenvalue weighted by atomic mass is 16.5. The largest absolute Gasteiger partial charge is 0.466 e. The molecule has 0 bridgehead atoms. The van der Waals surface area contributed by atoms with Crippen LogP contribution < -0.4 is 0 Å². The Kier molecular flexibility index (Phi) is 7.54. The summed E-state index contributed by atoms with van der Waals surface area (Å²) in [5.74, 6) is 1.29. The van der Waals surface area contributed by atoms with Gasteiger partial charge < -0.3 is 4.74 Å².